The minimum Gasteiger partial charge on any atom is -0.481 e. The number of rotatable bonds is 7. The molecule has 0 saturated heterocycles. The molecule has 0 aliphatic heterocycles. The van der Waals surface area contributed by atoms with E-state index in [1.54, 1.807) is 0 Å². The van der Waals surface area contributed by atoms with Crippen LogP contribution in [0, 0.1) is 0 Å². The van der Waals surface area contributed by atoms with Crippen molar-refractivity contribution in [3.05, 3.63) is 21.1 Å². The molecule has 1 amide bonds. The Balaban J connectivity index is 2.75. The van der Waals surface area contributed by atoms with E-state index in [2.05, 4.69) is 37.2 Å². The van der Waals surface area contributed by atoms with Crippen LogP contribution in [0.4, 0.5) is 0 Å². The second-order valence-corrected chi connectivity index (χ2v) is 8.42. The fourth-order valence-corrected chi connectivity index (χ4v) is 3.91. The highest BCUT2D eigenvalue weighted by Gasteiger charge is 2.17. The van der Waals surface area contributed by atoms with Crippen molar-refractivity contribution >= 4 is 57.5 Å². The maximum absolute atomic E-state index is 11.6. The Kier molecular flexibility index (Phi) is 7.46. The molecule has 0 heterocycles. The van der Waals surface area contributed by atoms with Crippen LogP contribution in [0.3, 0.4) is 0 Å². The number of nitrogens with one attached hydrogen (secondary N) is 1. The largest absolute Gasteiger partial charge is 0.481 e. The molecular weight excluding hydrogens is 449 g/mol. The summed E-state index contributed by atoms with van der Waals surface area (Å²) in [6.45, 7) is 2.47. The van der Waals surface area contributed by atoms with Gasteiger partial charge in [-0.05, 0) is 50.4 Å². The van der Waals surface area contributed by atoms with Gasteiger partial charge in [0.15, 0.2) is 6.61 Å². The summed E-state index contributed by atoms with van der Waals surface area (Å²) < 4.78 is 28.7. The summed E-state index contributed by atoms with van der Waals surface area (Å²) in [5.41, 5.74) is 0. The lowest BCUT2D eigenvalue weighted by atomic mass is 10.3. The van der Waals surface area contributed by atoms with Gasteiger partial charge in [-0.2, -0.15) is 0 Å². The minimum absolute atomic E-state index is 0.0670. The van der Waals surface area contributed by atoms with E-state index < -0.39 is 9.05 Å². The first-order valence-electron chi connectivity index (χ1n) is 6.09. The first kappa shape index (κ1) is 18.7. The van der Waals surface area contributed by atoms with Gasteiger partial charge in [-0.3, -0.25) is 4.79 Å². The number of carbonyl (C=O) groups excluding carboxylic acids is 1. The number of unbranched alkanes of at least 4 members (excludes halogenated alkanes) is 1. The highest BCUT2D eigenvalue weighted by molar-refractivity contribution is 9.11. The third-order valence-corrected chi connectivity index (χ3v) is 4.96. The van der Waals surface area contributed by atoms with Gasteiger partial charge in [0.1, 0.15) is 5.75 Å². The fraction of sp³-hybridized carbons (Fsp3) is 0.417. The topological polar surface area (TPSA) is 72.5 Å². The molecule has 1 rings (SSSR count). The average molecular weight is 464 g/mol. The molecule has 0 bridgehead atoms. The first-order chi connectivity index (χ1) is 9.75. The van der Waals surface area contributed by atoms with Gasteiger partial charge in [0.05, 0.1) is 13.8 Å². The molecule has 118 valence electrons. The Labute approximate surface area is 145 Å². The predicted molar refractivity (Wildman–Crippen MR) is 88.3 cm³/mol. The van der Waals surface area contributed by atoms with Crippen molar-refractivity contribution in [1.82, 2.24) is 5.32 Å². The number of ether oxygens (including phenoxy) is 1. The molecule has 9 heteroatoms. The second kappa shape index (κ2) is 8.36. The van der Waals surface area contributed by atoms with Crippen LogP contribution in [-0.2, 0) is 13.8 Å². The molecule has 5 nitrogen and oxygen atoms in total. The van der Waals surface area contributed by atoms with Gasteiger partial charge in [0.25, 0.3) is 15.0 Å². The lowest BCUT2D eigenvalue weighted by Gasteiger charge is -2.11. The standard InChI is InChI=1S/C12H14Br2ClNO4S/c1-2-3-4-16-11(17)7-20-12-9(13)5-8(6-10(12)14)21(15,18)19/h5-6H,2-4,7H2,1H3,(H,16,17). The average Bonchev–Trinajstić information content (AvgIpc) is 2.36. The first-order valence-corrected chi connectivity index (χ1v) is 9.98. The number of hydrogen-bond acceptors (Lipinski definition) is 4. The quantitative estimate of drug-likeness (QED) is 0.497. The van der Waals surface area contributed by atoms with Crippen LogP contribution in [0.25, 0.3) is 0 Å². The fourth-order valence-electron chi connectivity index (χ4n) is 1.41. The van der Waals surface area contributed by atoms with Crippen molar-refractivity contribution in [1.29, 1.82) is 0 Å². The summed E-state index contributed by atoms with van der Waals surface area (Å²) >= 11 is 6.39. The van der Waals surface area contributed by atoms with E-state index in [0.29, 0.717) is 21.2 Å². The molecule has 0 radical (unpaired) electrons. The summed E-state index contributed by atoms with van der Waals surface area (Å²) in [6.07, 6.45) is 1.90. The Morgan fingerprint density at radius 3 is 2.38 bits per heavy atom. The Hall–Kier alpha value is -0.310. The van der Waals surface area contributed by atoms with Crippen LogP contribution < -0.4 is 10.1 Å². The van der Waals surface area contributed by atoms with E-state index in [9.17, 15) is 13.2 Å². The van der Waals surface area contributed by atoms with Crippen LogP contribution in [0.5, 0.6) is 5.75 Å². The van der Waals surface area contributed by atoms with Crippen LogP contribution in [-0.4, -0.2) is 27.5 Å². The zero-order chi connectivity index (χ0) is 16.0. The Morgan fingerprint density at radius 1 is 1.33 bits per heavy atom. The molecule has 0 aromatic heterocycles. The van der Waals surface area contributed by atoms with E-state index in [0.717, 1.165) is 12.8 Å². The van der Waals surface area contributed by atoms with Crippen molar-refractivity contribution in [3.8, 4) is 5.75 Å². The molecular formula is C12H14Br2ClNO4S. The predicted octanol–water partition coefficient (Wildman–Crippen LogP) is 3.43. The summed E-state index contributed by atoms with van der Waals surface area (Å²) in [6, 6.07) is 2.63. The molecule has 1 aromatic rings. The van der Waals surface area contributed by atoms with E-state index >= 15 is 0 Å². The van der Waals surface area contributed by atoms with Crippen LogP contribution in [0.15, 0.2) is 26.0 Å². The Morgan fingerprint density at radius 2 is 1.90 bits per heavy atom. The lowest BCUT2D eigenvalue weighted by molar-refractivity contribution is -0.123. The number of carbonyl (C=O) groups is 1. The molecule has 1 aromatic carbocycles. The van der Waals surface area contributed by atoms with Gasteiger partial charge in [0.2, 0.25) is 0 Å². The molecule has 0 aliphatic rings. The zero-order valence-electron chi connectivity index (χ0n) is 11.2. The minimum atomic E-state index is -3.83. The highest BCUT2D eigenvalue weighted by atomic mass is 79.9. The van der Waals surface area contributed by atoms with E-state index in [4.69, 9.17) is 15.4 Å². The summed E-state index contributed by atoms with van der Waals surface area (Å²) in [5.74, 6) is 0.0981. The van der Waals surface area contributed by atoms with E-state index in [1.165, 1.54) is 12.1 Å². The third-order valence-electron chi connectivity index (χ3n) is 2.45. The summed E-state index contributed by atoms with van der Waals surface area (Å²) in [4.78, 5) is 11.5. The van der Waals surface area contributed by atoms with Gasteiger partial charge in [-0.15, -0.1) is 0 Å². The normalized spacial score (nSPS) is 11.2. The van der Waals surface area contributed by atoms with Crippen molar-refractivity contribution in [3.63, 3.8) is 0 Å². The van der Waals surface area contributed by atoms with E-state index in [1.807, 2.05) is 6.92 Å². The molecule has 0 atom stereocenters. The van der Waals surface area contributed by atoms with Crippen molar-refractivity contribution < 1.29 is 17.9 Å². The number of amides is 1. The van der Waals surface area contributed by atoms with Crippen molar-refractivity contribution in [2.24, 2.45) is 0 Å². The molecule has 0 spiro atoms. The zero-order valence-corrected chi connectivity index (χ0v) is 15.9. The highest BCUT2D eigenvalue weighted by Crippen LogP contribution is 2.36. The Bertz CT molecular complexity index is 599. The number of hydrogen-bond donors (Lipinski definition) is 1. The molecule has 0 unspecified atom stereocenters. The SMILES string of the molecule is CCCCNC(=O)COc1c(Br)cc(S(=O)(=O)Cl)cc1Br. The lowest BCUT2D eigenvalue weighted by Crippen LogP contribution is -2.29. The van der Waals surface area contributed by atoms with Crippen LogP contribution >= 0.6 is 42.5 Å². The number of benzene rings is 1. The van der Waals surface area contributed by atoms with Crippen LogP contribution in [0.2, 0.25) is 0 Å². The molecule has 0 saturated carbocycles. The smallest absolute Gasteiger partial charge is 0.261 e. The molecule has 0 fully saturated rings. The van der Waals surface area contributed by atoms with Gasteiger partial charge in [-0.1, -0.05) is 13.3 Å². The second-order valence-electron chi connectivity index (χ2n) is 4.15. The van der Waals surface area contributed by atoms with Gasteiger partial charge >= 0.3 is 0 Å². The number of halogens is 3. The van der Waals surface area contributed by atoms with Crippen molar-refractivity contribution in [2.75, 3.05) is 13.2 Å². The molecule has 0 aliphatic carbocycles. The third kappa shape index (κ3) is 6.14. The van der Waals surface area contributed by atoms with Gasteiger partial charge < -0.3 is 10.1 Å². The monoisotopic (exact) mass is 461 g/mol. The van der Waals surface area contributed by atoms with Gasteiger partial charge in [-0.25, -0.2) is 8.42 Å². The maximum atomic E-state index is 11.6. The summed E-state index contributed by atoms with van der Waals surface area (Å²) in [7, 11) is 1.45. The summed E-state index contributed by atoms with van der Waals surface area (Å²) in [5, 5.41) is 2.72. The van der Waals surface area contributed by atoms with Gasteiger partial charge in [0, 0.05) is 17.2 Å². The van der Waals surface area contributed by atoms with E-state index in [-0.39, 0.29) is 17.4 Å². The van der Waals surface area contributed by atoms with Crippen molar-refractivity contribution in [2.45, 2.75) is 24.7 Å². The van der Waals surface area contributed by atoms with Crippen LogP contribution in [0.1, 0.15) is 19.8 Å². The molecule has 21 heavy (non-hydrogen) atoms. The maximum Gasteiger partial charge on any atom is 0.261 e. The molecule has 1 N–H and O–H groups in total.